The molecule has 0 aromatic carbocycles. The van der Waals surface area contributed by atoms with Crippen molar-refractivity contribution in [1.29, 1.82) is 5.41 Å². The summed E-state index contributed by atoms with van der Waals surface area (Å²) in [5.74, 6) is -1.34. The Bertz CT molecular complexity index is 677. The van der Waals surface area contributed by atoms with Crippen LogP contribution in [0.3, 0.4) is 0 Å². The first-order valence-corrected chi connectivity index (χ1v) is 8.38. The van der Waals surface area contributed by atoms with Crippen molar-refractivity contribution in [2.75, 3.05) is 14.2 Å². The van der Waals surface area contributed by atoms with Gasteiger partial charge < -0.3 is 24.9 Å². The second-order valence-corrected chi connectivity index (χ2v) is 5.93. The Balaban J connectivity index is 2.98. The molecule has 0 fully saturated rings. The van der Waals surface area contributed by atoms with Gasteiger partial charge in [-0.3, -0.25) is 14.6 Å². The molecule has 1 heterocycles. The zero-order chi connectivity index (χ0) is 20.4. The first-order chi connectivity index (χ1) is 12.8. The minimum absolute atomic E-state index is 0.00935. The number of methoxy groups -OCH3 is 2. The van der Waals surface area contributed by atoms with Gasteiger partial charge in [0.1, 0.15) is 11.8 Å². The van der Waals surface area contributed by atoms with Crippen LogP contribution in [-0.2, 0) is 23.9 Å². The molecule has 1 aromatic heterocycles. The number of carbonyl (C=O) groups is 3. The maximum Gasteiger partial charge on any atom is 0.328 e. The minimum atomic E-state index is -1.05. The maximum absolute atomic E-state index is 12.7. The third kappa shape index (κ3) is 6.78. The lowest BCUT2D eigenvalue weighted by atomic mass is 10.1. The molecule has 1 aromatic rings. The number of nitrogens with one attached hydrogen (secondary N) is 2. The normalized spacial score (nSPS) is 12.8. The van der Waals surface area contributed by atoms with E-state index >= 15 is 0 Å². The molecule has 2 atom stereocenters. The maximum atomic E-state index is 12.7. The summed E-state index contributed by atoms with van der Waals surface area (Å²) in [6.45, 7) is 3.36. The number of nitrogens with zero attached hydrogens (tertiary/aromatic N) is 1. The summed E-state index contributed by atoms with van der Waals surface area (Å²) in [5, 5.41) is 9.51. The highest BCUT2D eigenvalue weighted by molar-refractivity contribution is 6.26. The van der Waals surface area contributed by atoms with Crippen LogP contribution in [0.2, 0.25) is 0 Å². The summed E-state index contributed by atoms with van der Waals surface area (Å²) in [5.41, 5.74) is 0.444. The van der Waals surface area contributed by atoms with E-state index in [0.29, 0.717) is 17.5 Å². The Morgan fingerprint density at radius 2 is 2.00 bits per heavy atom. The Hall–Kier alpha value is -2.81. The van der Waals surface area contributed by atoms with Gasteiger partial charge in [-0.2, -0.15) is 0 Å². The second kappa shape index (κ2) is 11.0. The highest BCUT2D eigenvalue weighted by atomic mass is 16.5. The van der Waals surface area contributed by atoms with Crippen molar-refractivity contribution < 1.29 is 28.6 Å². The third-order valence-electron chi connectivity index (χ3n) is 3.59. The lowest BCUT2D eigenvalue weighted by Crippen LogP contribution is -2.45. The van der Waals surface area contributed by atoms with Gasteiger partial charge in [0.15, 0.2) is 11.9 Å². The Morgan fingerprint density at radius 1 is 1.30 bits per heavy atom. The van der Waals surface area contributed by atoms with Gasteiger partial charge in [0.25, 0.3) is 5.91 Å². The van der Waals surface area contributed by atoms with Crippen molar-refractivity contribution >= 4 is 23.9 Å². The summed E-state index contributed by atoms with van der Waals surface area (Å²) in [4.78, 5) is 40.3. The summed E-state index contributed by atoms with van der Waals surface area (Å²) in [6.07, 6.45) is 2.12. The smallest absolute Gasteiger partial charge is 0.328 e. The monoisotopic (exact) mass is 379 g/mol. The molecule has 0 spiro atoms. The molecular formula is C18H25N3O6. The molecule has 148 valence electrons. The average molecular weight is 379 g/mol. The van der Waals surface area contributed by atoms with Crippen LogP contribution in [0.4, 0.5) is 0 Å². The first-order valence-electron chi connectivity index (χ1n) is 8.38. The van der Waals surface area contributed by atoms with E-state index in [2.05, 4.69) is 10.3 Å². The van der Waals surface area contributed by atoms with E-state index < -0.39 is 29.8 Å². The van der Waals surface area contributed by atoms with E-state index in [4.69, 9.17) is 19.6 Å². The van der Waals surface area contributed by atoms with E-state index in [9.17, 15) is 14.4 Å². The van der Waals surface area contributed by atoms with Crippen LogP contribution >= 0.6 is 0 Å². The van der Waals surface area contributed by atoms with Gasteiger partial charge in [0.05, 0.1) is 25.6 Å². The topological polar surface area (TPSA) is 128 Å². The van der Waals surface area contributed by atoms with Gasteiger partial charge in [-0.15, -0.1) is 0 Å². The fourth-order valence-electron chi connectivity index (χ4n) is 2.32. The highest BCUT2D eigenvalue weighted by Crippen LogP contribution is 2.26. The number of Topliss-reactive ketones (excluding diaryl/α,β-unsaturated/α-hetero) is 1. The molecule has 1 amide bonds. The number of ether oxygens (including phenoxy) is 3. The van der Waals surface area contributed by atoms with Crippen LogP contribution in [0.15, 0.2) is 18.5 Å². The van der Waals surface area contributed by atoms with Crippen molar-refractivity contribution in [3.8, 4) is 5.75 Å². The number of hydrogen-bond donors (Lipinski definition) is 2. The van der Waals surface area contributed by atoms with Crippen LogP contribution in [-0.4, -0.2) is 55.2 Å². The van der Waals surface area contributed by atoms with Gasteiger partial charge in [-0.05, 0) is 26.3 Å². The minimum Gasteiger partial charge on any atom is -0.495 e. The Labute approximate surface area is 157 Å². The second-order valence-electron chi connectivity index (χ2n) is 5.93. The van der Waals surface area contributed by atoms with Crippen molar-refractivity contribution in [3.05, 3.63) is 24.0 Å². The molecule has 1 rings (SSSR count). The zero-order valence-electron chi connectivity index (χ0n) is 15.9. The number of pyridine rings is 1. The van der Waals surface area contributed by atoms with Crippen molar-refractivity contribution in [1.82, 2.24) is 10.3 Å². The molecule has 0 aliphatic heterocycles. The van der Waals surface area contributed by atoms with E-state index in [1.54, 1.807) is 19.9 Å². The molecule has 0 aliphatic rings. The molecule has 27 heavy (non-hydrogen) atoms. The molecule has 0 radical (unpaired) electrons. The largest absolute Gasteiger partial charge is 0.495 e. The molecule has 2 N–H and O–H groups in total. The fraction of sp³-hybridized carbons (Fsp3) is 0.500. The summed E-state index contributed by atoms with van der Waals surface area (Å²) >= 11 is 0. The van der Waals surface area contributed by atoms with E-state index in [-0.39, 0.29) is 18.9 Å². The number of amides is 1. The van der Waals surface area contributed by atoms with Crippen molar-refractivity contribution in [2.45, 2.75) is 44.9 Å². The summed E-state index contributed by atoms with van der Waals surface area (Å²) in [7, 11) is 2.79. The molecule has 0 saturated heterocycles. The molecular weight excluding hydrogens is 354 g/mol. The predicted octanol–water partition coefficient (Wildman–Crippen LogP) is 1.21. The molecule has 0 bridgehead atoms. The van der Waals surface area contributed by atoms with Gasteiger partial charge in [0, 0.05) is 25.3 Å². The number of carbonyl (C=O) groups excluding carboxylic acids is 3. The Morgan fingerprint density at radius 3 is 2.56 bits per heavy atom. The van der Waals surface area contributed by atoms with Crippen LogP contribution in [0.5, 0.6) is 5.75 Å². The SMILES string of the molecule is COc1cnccc1[C@@H](OC)C(=O)N[C@@H](CCC(=O)C=N)C(=O)OC(C)C. The highest BCUT2D eigenvalue weighted by Gasteiger charge is 2.30. The standard InChI is InChI=1S/C18H25N3O6/c1-11(2)27-18(24)14(6-5-12(22)9-19)21-17(23)16(26-4)13-7-8-20-10-15(13)25-3/h7-11,14,16,19H,5-6H2,1-4H3,(H,21,23)/t14-,16+/m0/s1. The number of esters is 1. The van der Waals surface area contributed by atoms with Crippen LogP contribution in [0.25, 0.3) is 0 Å². The van der Waals surface area contributed by atoms with Gasteiger partial charge >= 0.3 is 5.97 Å². The fourth-order valence-corrected chi connectivity index (χ4v) is 2.32. The van der Waals surface area contributed by atoms with E-state index in [1.165, 1.54) is 26.6 Å². The number of rotatable bonds is 11. The van der Waals surface area contributed by atoms with Gasteiger partial charge in [-0.1, -0.05) is 0 Å². The number of hydrogen-bond acceptors (Lipinski definition) is 8. The lowest BCUT2D eigenvalue weighted by Gasteiger charge is -2.22. The molecule has 0 aliphatic carbocycles. The summed E-state index contributed by atoms with van der Waals surface area (Å²) < 4.78 is 15.6. The quantitative estimate of drug-likeness (QED) is 0.437. The van der Waals surface area contributed by atoms with Crippen LogP contribution in [0, 0.1) is 5.41 Å². The molecule has 9 nitrogen and oxygen atoms in total. The first kappa shape index (κ1) is 22.2. The number of aromatic nitrogens is 1. The number of ketones is 1. The predicted molar refractivity (Wildman–Crippen MR) is 96.7 cm³/mol. The van der Waals surface area contributed by atoms with E-state index in [0.717, 1.165) is 0 Å². The summed E-state index contributed by atoms with van der Waals surface area (Å²) in [6, 6.07) is 0.529. The zero-order valence-corrected chi connectivity index (χ0v) is 15.9. The van der Waals surface area contributed by atoms with Crippen LogP contribution < -0.4 is 10.1 Å². The van der Waals surface area contributed by atoms with Crippen molar-refractivity contribution in [2.24, 2.45) is 0 Å². The lowest BCUT2D eigenvalue weighted by molar-refractivity contribution is -0.152. The van der Waals surface area contributed by atoms with Crippen LogP contribution in [0.1, 0.15) is 38.4 Å². The van der Waals surface area contributed by atoms with Gasteiger partial charge in [-0.25, -0.2) is 4.79 Å². The van der Waals surface area contributed by atoms with E-state index in [1.807, 2.05) is 0 Å². The van der Waals surface area contributed by atoms with Gasteiger partial charge in [0.2, 0.25) is 0 Å². The Kier molecular flexibility index (Phi) is 9.07. The van der Waals surface area contributed by atoms with Crippen molar-refractivity contribution in [3.63, 3.8) is 0 Å². The third-order valence-corrected chi connectivity index (χ3v) is 3.59. The average Bonchev–Trinajstić information content (AvgIpc) is 2.65. The molecule has 9 heteroatoms. The molecule has 0 unspecified atom stereocenters. The molecule has 0 saturated carbocycles.